The van der Waals surface area contributed by atoms with Gasteiger partial charge in [0, 0.05) is 12.1 Å². The second kappa shape index (κ2) is 20.9. The van der Waals surface area contributed by atoms with E-state index in [2.05, 4.69) is 63.4 Å². The predicted molar refractivity (Wildman–Crippen MR) is 114 cm³/mol. The van der Waals surface area contributed by atoms with E-state index in [1.165, 1.54) is 52.0 Å². The van der Waals surface area contributed by atoms with E-state index in [4.69, 9.17) is 0 Å². The first-order valence-electron chi connectivity index (χ1n) is 10.5. The van der Waals surface area contributed by atoms with Crippen LogP contribution >= 0.6 is 0 Å². The first kappa shape index (κ1) is 28.7. The molecule has 0 radical (unpaired) electrons. The van der Waals surface area contributed by atoms with Crippen LogP contribution in [0.2, 0.25) is 0 Å². The molecule has 3 heteroatoms. The molecule has 0 spiro atoms. The van der Waals surface area contributed by atoms with Gasteiger partial charge in [-0.15, -0.1) is 0 Å². The fraction of sp³-hybridized carbons (Fsp3) is 1.00. The molecule has 0 aromatic rings. The molecular formula is C21H51N3. The van der Waals surface area contributed by atoms with E-state index >= 15 is 0 Å². The Bertz CT molecular complexity index is 215. The van der Waals surface area contributed by atoms with Crippen LogP contribution in [-0.4, -0.2) is 73.6 Å². The van der Waals surface area contributed by atoms with Crippen LogP contribution in [0.1, 0.15) is 81.6 Å². The Balaban J connectivity index is -0.00000102. The number of unbranched alkanes of at least 4 members (excludes halogenated alkanes) is 1. The Kier molecular flexibility index (Phi) is 25.0. The monoisotopic (exact) mass is 345 g/mol. The highest BCUT2D eigenvalue weighted by Crippen LogP contribution is 2.06. The molecular weight excluding hydrogens is 294 g/mol. The van der Waals surface area contributed by atoms with Gasteiger partial charge in [-0.25, -0.2) is 0 Å². The third kappa shape index (κ3) is 18.2. The van der Waals surface area contributed by atoms with Gasteiger partial charge in [0.25, 0.3) is 0 Å². The quantitative estimate of drug-likeness (QED) is 0.449. The highest BCUT2D eigenvalue weighted by molar-refractivity contribution is 4.66. The lowest BCUT2D eigenvalue weighted by Gasteiger charge is -2.28. The molecule has 0 bridgehead atoms. The maximum Gasteiger partial charge on any atom is 0.00385 e. The number of hydrogen-bond acceptors (Lipinski definition) is 3. The van der Waals surface area contributed by atoms with Crippen molar-refractivity contribution in [2.75, 3.05) is 46.8 Å². The molecule has 150 valence electrons. The Hall–Kier alpha value is -0.120. The van der Waals surface area contributed by atoms with Crippen molar-refractivity contribution in [2.45, 2.75) is 93.7 Å². The van der Waals surface area contributed by atoms with E-state index in [0.29, 0.717) is 12.1 Å². The first-order valence-corrected chi connectivity index (χ1v) is 10.5. The van der Waals surface area contributed by atoms with E-state index in [-0.39, 0.29) is 0 Å². The summed E-state index contributed by atoms with van der Waals surface area (Å²) in [6.45, 7) is 25.6. The van der Waals surface area contributed by atoms with Crippen molar-refractivity contribution in [1.29, 1.82) is 0 Å². The average Bonchev–Trinajstić information content (AvgIpc) is 2.56. The Labute approximate surface area is 155 Å². The zero-order valence-electron chi connectivity index (χ0n) is 19.2. The third-order valence-corrected chi connectivity index (χ3v) is 4.06. The summed E-state index contributed by atoms with van der Waals surface area (Å²) in [7, 11) is 4.32. The molecule has 24 heavy (non-hydrogen) atoms. The van der Waals surface area contributed by atoms with Gasteiger partial charge in [-0.05, 0) is 93.8 Å². The molecule has 0 atom stereocenters. The molecule has 0 fully saturated rings. The van der Waals surface area contributed by atoms with Gasteiger partial charge in [0.2, 0.25) is 0 Å². The van der Waals surface area contributed by atoms with Crippen molar-refractivity contribution >= 4 is 0 Å². The van der Waals surface area contributed by atoms with Crippen molar-refractivity contribution in [3.8, 4) is 0 Å². The molecule has 0 aliphatic rings. The maximum absolute atomic E-state index is 2.63. The molecule has 0 rings (SSSR count). The van der Waals surface area contributed by atoms with Gasteiger partial charge in [0.1, 0.15) is 0 Å². The molecule has 0 unspecified atom stereocenters. The zero-order chi connectivity index (χ0) is 19.5. The Morgan fingerprint density at radius 2 is 0.958 bits per heavy atom. The van der Waals surface area contributed by atoms with E-state index < -0.39 is 0 Å². The van der Waals surface area contributed by atoms with E-state index in [9.17, 15) is 0 Å². The third-order valence-electron chi connectivity index (χ3n) is 4.06. The molecule has 0 amide bonds. The summed E-state index contributed by atoms with van der Waals surface area (Å²) in [5.74, 6) is 0. The molecule has 0 aromatic heterocycles. The van der Waals surface area contributed by atoms with Crippen molar-refractivity contribution in [3.63, 3.8) is 0 Å². The molecule has 0 aromatic carbocycles. The summed E-state index contributed by atoms with van der Waals surface area (Å²) < 4.78 is 0. The summed E-state index contributed by atoms with van der Waals surface area (Å²) >= 11 is 0. The number of hydrogen-bond donors (Lipinski definition) is 0. The van der Waals surface area contributed by atoms with Gasteiger partial charge < -0.3 is 14.7 Å². The SMILES string of the molecule is CC.CC.CCN(CCCCN(CCCN(C)C)C(C)C)C(C)C. The van der Waals surface area contributed by atoms with Gasteiger partial charge in [0.05, 0.1) is 0 Å². The van der Waals surface area contributed by atoms with Gasteiger partial charge in [-0.1, -0.05) is 34.6 Å². The lowest BCUT2D eigenvalue weighted by molar-refractivity contribution is 0.191. The van der Waals surface area contributed by atoms with Crippen LogP contribution in [-0.2, 0) is 0 Å². The molecule has 0 aliphatic carbocycles. The van der Waals surface area contributed by atoms with Crippen LogP contribution in [0.25, 0.3) is 0 Å². The van der Waals surface area contributed by atoms with Gasteiger partial charge >= 0.3 is 0 Å². The first-order chi connectivity index (χ1) is 11.4. The van der Waals surface area contributed by atoms with E-state index in [1.54, 1.807) is 0 Å². The minimum absolute atomic E-state index is 0.671. The summed E-state index contributed by atoms with van der Waals surface area (Å²) in [6.07, 6.45) is 3.92. The highest BCUT2D eigenvalue weighted by atomic mass is 15.2. The molecule has 0 saturated carbocycles. The average molecular weight is 346 g/mol. The summed E-state index contributed by atoms with van der Waals surface area (Å²) in [6, 6.07) is 1.35. The topological polar surface area (TPSA) is 9.72 Å². The van der Waals surface area contributed by atoms with Crippen LogP contribution in [0.4, 0.5) is 0 Å². The Morgan fingerprint density at radius 3 is 1.29 bits per heavy atom. The maximum atomic E-state index is 2.63. The lowest BCUT2D eigenvalue weighted by atomic mass is 10.2. The predicted octanol–water partition coefficient (Wildman–Crippen LogP) is 5.21. The summed E-state index contributed by atoms with van der Waals surface area (Å²) in [4.78, 5) is 7.47. The van der Waals surface area contributed by atoms with Gasteiger partial charge in [0.15, 0.2) is 0 Å². The largest absolute Gasteiger partial charge is 0.309 e. The second-order valence-corrected chi connectivity index (χ2v) is 6.72. The van der Waals surface area contributed by atoms with E-state index in [0.717, 1.165) is 0 Å². The normalized spacial score (nSPS) is 11.0. The van der Waals surface area contributed by atoms with Crippen LogP contribution in [0, 0.1) is 0 Å². The molecule has 3 nitrogen and oxygen atoms in total. The molecule has 0 heterocycles. The smallest absolute Gasteiger partial charge is 0.00385 e. The van der Waals surface area contributed by atoms with Crippen LogP contribution in [0.15, 0.2) is 0 Å². The fourth-order valence-electron chi connectivity index (χ4n) is 2.63. The van der Waals surface area contributed by atoms with Crippen molar-refractivity contribution in [3.05, 3.63) is 0 Å². The van der Waals surface area contributed by atoms with Crippen LogP contribution < -0.4 is 0 Å². The molecule has 0 aliphatic heterocycles. The lowest BCUT2D eigenvalue weighted by Crippen LogP contribution is -2.35. The van der Waals surface area contributed by atoms with Gasteiger partial charge in [-0.3, -0.25) is 0 Å². The zero-order valence-corrected chi connectivity index (χ0v) is 19.2. The molecule has 0 N–H and O–H groups in total. The van der Waals surface area contributed by atoms with Gasteiger partial charge in [-0.2, -0.15) is 0 Å². The van der Waals surface area contributed by atoms with Crippen LogP contribution in [0.5, 0.6) is 0 Å². The number of nitrogens with zero attached hydrogens (tertiary/aromatic N) is 3. The minimum Gasteiger partial charge on any atom is -0.309 e. The Morgan fingerprint density at radius 1 is 0.583 bits per heavy atom. The van der Waals surface area contributed by atoms with Crippen LogP contribution in [0.3, 0.4) is 0 Å². The number of rotatable bonds is 12. The van der Waals surface area contributed by atoms with E-state index in [1.807, 2.05) is 27.7 Å². The second-order valence-electron chi connectivity index (χ2n) is 6.72. The fourth-order valence-corrected chi connectivity index (χ4v) is 2.63. The van der Waals surface area contributed by atoms with Crippen molar-refractivity contribution < 1.29 is 0 Å². The minimum atomic E-state index is 0.671. The van der Waals surface area contributed by atoms with Crippen molar-refractivity contribution in [2.24, 2.45) is 0 Å². The standard InChI is InChI=1S/C17H39N3.2C2H6/c1-8-19(16(2)3)13-9-10-14-20(17(4)5)15-11-12-18(6)7;2*1-2/h16-17H,8-15H2,1-7H3;2*1-2H3. The molecule has 0 saturated heterocycles. The summed E-state index contributed by atoms with van der Waals surface area (Å²) in [5, 5.41) is 0. The highest BCUT2D eigenvalue weighted by Gasteiger charge is 2.10. The van der Waals surface area contributed by atoms with Crippen molar-refractivity contribution in [1.82, 2.24) is 14.7 Å². The summed E-state index contributed by atoms with van der Waals surface area (Å²) in [5.41, 5.74) is 0.